The fourth-order valence-electron chi connectivity index (χ4n) is 2.83. The number of thiazole rings is 1. The van der Waals surface area contributed by atoms with Gasteiger partial charge in [0.05, 0.1) is 15.9 Å². The van der Waals surface area contributed by atoms with Gasteiger partial charge < -0.3 is 5.32 Å². The molecule has 2 aromatic carbocycles. The molecule has 2 heterocycles. The number of thioether (sulfide) groups is 1. The zero-order valence-electron chi connectivity index (χ0n) is 15.3. The molecule has 1 unspecified atom stereocenters. The lowest BCUT2D eigenvalue weighted by Gasteiger charge is -2.33. The molecule has 142 valence electrons. The molecule has 0 amide bonds. The van der Waals surface area contributed by atoms with Crippen LogP contribution in [0.15, 0.2) is 57.8 Å². The Labute approximate surface area is 177 Å². The van der Waals surface area contributed by atoms with E-state index in [1.54, 1.807) is 23.3 Å². The van der Waals surface area contributed by atoms with Crippen molar-refractivity contribution < 1.29 is 0 Å². The third-order valence-electron chi connectivity index (χ3n) is 4.07. The predicted molar refractivity (Wildman–Crippen MR) is 122 cm³/mol. The molecule has 1 aliphatic rings. The molecule has 0 bridgehead atoms. The van der Waals surface area contributed by atoms with Gasteiger partial charge in [0.25, 0.3) is 0 Å². The van der Waals surface area contributed by atoms with Gasteiger partial charge in [0.1, 0.15) is 0 Å². The molecule has 0 saturated carbocycles. The molecule has 3 aromatic rings. The summed E-state index contributed by atoms with van der Waals surface area (Å²) in [6.45, 7) is 6.51. The summed E-state index contributed by atoms with van der Waals surface area (Å²) in [6.07, 6.45) is 1.14. The van der Waals surface area contributed by atoms with Gasteiger partial charge in [-0.2, -0.15) is 0 Å². The van der Waals surface area contributed by atoms with E-state index in [1.807, 2.05) is 29.8 Å². The van der Waals surface area contributed by atoms with Crippen LogP contribution in [0.1, 0.15) is 20.3 Å². The van der Waals surface area contributed by atoms with Crippen molar-refractivity contribution in [2.45, 2.75) is 33.8 Å². The molecule has 4 rings (SSSR count). The minimum Gasteiger partial charge on any atom is -0.347 e. The minimum absolute atomic E-state index is 0.350. The Morgan fingerprint density at radius 3 is 2.74 bits per heavy atom. The molecule has 2 N–H and O–H groups in total. The van der Waals surface area contributed by atoms with Gasteiger partial charge in [-0.1, -0.05) is 49.9 Å². The van der Waals surface area contributed by atoms with Crippen molar-refractivity contribution in [1.29, 1.82) is 0 Å². The van der Waals surface area contributed by atoms with Gasteiger partial charge in [-0.05, 0) is 54.6 Å². The topological polar surface area (TPSA) is 40.2 Å². The molecule has 4 nitrogen and oxygen atoms in total. The summed E-state index contributed by atoms with van der Waals surface area (Å²) in [5, 5.41) is 3.70. The van der Waals surface area contributed by atoms with E-state index >= 15 is 0 Å². The van der Waals surface area contributed by atoms with Crippen LogP contribution in [0.2, 0.25) is 0 Å². The first-order valence-electron chi connectivity index (χ1n) is 9.01. The molecule has 8 heteroatoms. The average Bonchev–Trinajstić information content (AvgIpc) is 3.27. The van der Waals surface area contributed by atoms with Crippen molar-refractivity contribution in [3.05, 3.63) is 48.5 Å². The number of fused-ring (bicyclic) bond motifs is 2. The third kappa shape index (κ3) is 4.41. The highest BCUT2D eigenvalue weighted by Gasteiger charge is 2.40. The lowest BCUT2D eigenvalue weighted by Crippen LogP contribution is -2.43. The van der Waals surface area contributed by atoms with Gasteiger partial charge in [0, 0.05) is 18.0 Å². The summed E-state index contributed by atoms with van der Waals surface area (Å²) in [6, 6.07) is 16.8. The molecule has 1 atom stereocenters. The number of aromatic nitrogens is 1. The second-order valence-electron chi connectivity index (χ2n) is 6.10. The molecule has 1 aliphatic heterocycles. The summed E-state index contributed by atoms with van der Waals surface area (Å²) in [7, 11) is 0. The monoisotopic (exact) mass is 434 g/mol. The first-order valence-corrected chi connectivity index (χ1v) is 12.2. The number of anilines is 1. The summed E-state index contributed by atoms with van der Waals surface area (Å²) in [4.78, 5) is 6.02. The smallest absolute Gasteiger partial charge is 0.214 e. The van der Waals surface area contributed by atoms with Crippen LogP contribution in [0.4, 0.5) is 5.69 Å². The van der Waals surface area contributed by atoms with E-state index in [0.29, 0.717) is 0 Å². The second-order valence-corrected chi connectivity index (χ2v) is 11.0. The normalized spacial score (nSPS) is 18.8. The van der Waals surface area contributed by atoms with Crippen LogP contribution in [0.3, 0.4) is 0 Å². The third-order valence-corrected chi connectivity index (χ3v) is 9.04. The molecule has 0 fully saturated rings. The van der Waals surface area contributed by atoms with Gasteiger partial charge in [-0.3, -0.25) is 0 Å². The van der Waals surface area contributed by atoms with Crippen LogP contribution in [-0.4, -0.2) is 26.7 Å². The fraction of sp³-hybridized carbons (Fsp3) is 0.316. The van der Waals surface area contributed by atoms with Gasteiger partial charge in [0.2, 0.25) is 4.33 Å². The van der Waals surface area contributed by atoms with Crippen molar-refractivity contribution >= 4 is 62.9 Å². The van der Waals surface area contributed by atoms with Crippen LogP contribution in [-0.2, 0) is 0 Å². The maximum atomic E-state index is 4.75. The van der Waals surface area contributed by atoms with Crippen molar-refractivity contribution in [3.63, 3.8) is 0 Å². The largest absolute Gasteiger partial charge is 0.347 e. The van der Waals surface area contributed by atoms with E-state index in [0.717, 1.165) is 29.4 Å². The number of hydrogen-bond acceptors (Lipinski definition) is 8. The maximum absolute atomic E-state index is 4.75. The van der Waals surface area contributed by atoms with E-state index in [2.05, 4.69) is 70.7 Å². The number of rotatable bonds is 8. The Balaban J connectivity index is 1.54. The molecule has 0 spiro atoms. The molecule has 0 aliphatic carbocycles. The molecular formula is C19H22N4S4. The lowest BCUT2D eigenvalue weighted by atomic mass is 10.3. The highest BCUT2D eigenvalue weighted by Crippen LogP contribution is 2.51. The number of hydrogen-bond donors (Lipinski definition) is 2. The first-order chi connectivity index (χ1) is 13.2. The standard InChI is InChI=1S/C19H22N4S4/c1-3-13-23(4-2)27-19(21-15-10-6-8-12-17(15)25-19)22-26-18-20-14-9-5-7-11-16(14)24-18/h5-12,21-22H,3-4,13H2,1-2H3. The van der Waals surface area contributed by atoms with Crippen molar-refractivity contribution in [2.24, 2.45) is 0 Å². The van der Waals surface area contributed by atoms with E-state index in [4.69, 9.17) is 4.98 Å². The van der Waals surface area contributed by atoms with Crippen LogP contribution in [0, 0.1) is 0 Å². The zero-order chi connectivity index (χ0) is 18.7. The van der Waals surface area contributed by atoms with Gasteiger partial charge in [0.15, 0.2) is 4.34 Å². The second kappa shape index (κ2) is 8.63. The van der Waals surface area contributed by atoms with Crippen molar-refractivity contribution in [3.8, 4) is 0 Å². The van der Waals surface area contributed by atoms with Crippen LogP contribution < -0.4 is 10.0 Å². The summed E-state index contributed by atoms with van der Waals surface area (Å²) in [5.41, 5.74) is 2.24. The van der Waals surface area contributed by atoms with Crippen LogP contribution in [0.5, 0.6) is 0 Å². The summed E-state index contributed by atoms with van der Waals surface area (Å²) >= 11 is 7.01. The van der Waals surface area contributed by atoms with E-state index < -0.39 is 0 Å². The van der Waals surface area contributed by atoms with Gasteiger partial charge >= 0.3 is 0 Å². The lowest BCUT2D eigenvalue weighted by molar-refractivity contribution is 0.488. The zero-order valence-corrected chi connectivity index (χ0v) is 18.5. The summed E-state index contributed by atoms with van der Waals surface area (Å²) < 4.78 is 8.00. The first kappa shape index (κ1) is 19.4. The molecule has 0 saturated heterocycles. The van der Waals surface area contributed by atoms with E-state index in [1.165, 1.54) is 15.3 Å². The Morgan fingerprint density at radius 2 is 1.96 bits per heavy atom. The van der Waals surface area contributed by atoms with Gasteiger partial charge in [-0.15, -0.1) is 11.3 Å². The highest BCUT2D eigenvalue weighted by molar-refractivity contribution is 8.18. The SMILES string of the molecule is CCCN(CC)SC1(NSc2nc3ccccc3s2)Nc2ccccc2S1. The predicted octanol–water partition coefficient (Wildman–Crippen LogP) is 6.10. The Kier molecular flexibility index (Phi) is 6.21. The number of benzene rings is 2. The Morgan fingerprint density at radius 1 is 1.15 bits per heavy atom. The van der Waals surface area contributed by atoms with Gasteiger partial charge in [-0.25, -0.2) is 14.0 Å². The molecule has 1 aromatic heterocycles. The molecule has 27 heavy (non-hydrogen) atoms. The van der Waals surface area contributed by atoms with Crippen LogP contribution in [0.25, 0.3) is 10.2 Å². The van der Waals surface area contributed by atoms with Crippen molar-refractivity contribution in [2.75, 3.05) is 18.4 Å². The Hall–Kier alpha value is -0.900. The highest BCUT2D eigenvalue weighted by atomic mass is 32.2. The molecule has 0 radical (unpaired) electrons. The maximum Gasteiger partial charge on any atom is 0.214 e. The fourth-order valence-corrected chi connectivity index (χ4v) is 7.57. The van der Waals surface area contributed by atoms with E-state index in [9.17, 15) is 0 Å². The number of nitrogens with one attached hydrogen (secondary N) is 2. The minimum atomic E-state index is -0.350. The number of para-hydroxylation sites is 2. The quantitative estimate of drug-likeness (QED) is 0.328. The number of nitrogens with zero attached hydrogens (tertiary/aromatic N) is 2. The van der Waals surface area contributed by atoms with Crippen LogP contribution >= 0.6 is 47.0 Å². The average molecular weight is 435 g/mol. The van der Waals surface area contributed by atoms with Crippen molar-refractivity contribution in [1.82, 2.24) is 14.0 Å². The summed E-state index contributed by atoms with van der Waals surface area (Å²) in [5.74, 6) is 0. The Bertz CT molecular complexity index is 855. The van der Waals surface area contributed by atoms with E-state index in [-0.39, 0.29) is 4.33 Å². The molecular weight excluding hydrogens is 413 g/mol.